The molecule has 240 valence electrons. The Balaban J connectivity index is 1.13. The van der Waals surface area contributed by atoms with E-state index in [0.717, 1.165) is 39.3 Å². The Hall–Kier alpha value is -6.38. The van der Waals surface area contributed by atoms with Gasteiger partial charge in [0.15, 0.2) is 5.82 Å². The summed E-state index contributed by atoms with van der Waals surface area (Å²) in [6.45, 7) is 4.73. The van der Waals surface area contributed by atoms with Gasteiger partial charge in [0.05, 0.1) is 11.4 Å². The van der Waals surface area contributed by atoms with Gasteiger partial charge in [-0.2, -0.15) is 0 Å². The highest BCUT2D eigenvalue weighted by Crippen LogP contribution is 2.51. The molecular weight excluding hydrogens is 617 g/mol. The van der Waals surface area contributed by atoms with E-state index in [1.807, 2.05) is 6.07 Å². The Morgan fingerprint density at radius 1 is 0.353 bits per heavy atom. The van der Waals surface area contributed by atoms with Crippen LogP contribution in [0.25, 0.3) is 88.5 Å². The minimum atomic E-state index is -0.106. The van der Waals surface area contributed by atoms with Crippen molar-refractivity contribution in [2.45, 2.75) is 19.3 Å². The standard InChI is InChI=1S/C49H34N2/c1-49(2)44-29-36(22-23-41(44)43-27-34-16-8-9-17-35(34)28-45(43)49)38-24-25-42(40-19-11-10-18-39(38)40)48-50-46(32-13-4-3-5-14-32)30-47(51-48)37-21-20-31-12-6-7-15-33(31)26-37/h3-30H,1-2H3. The van der Waals surface area contributed by atoms with Crippen molar-refractivity contribution >= 4 is 32.3 Å². The normalized spacial score (nSPS) is 13.1. The van der Waals surface area contributed by atoms with Gasteiger partial charge in [0, 0.05) is 22.1 Å². The maximum atomic E-state index is 5.26. The molecule has 0 spiro atoms. The molecule has 0 fully saturated rings. The van der Waals surface area contributed by atoms with Crippen molar-refractivity contribution < 1.29 is 0 Å². The molecule has 1 aliphatic rings. The lowest BCUT2D eigenvalue weighted by Crippen LogP contribution is -2.15. The van der Waals surface area contributed by atoms with E-state index in [1.165, 1.54) is 60.3 Å². The van der Waals surface area contributed by atoms with Crippen molar-refractivity contribution in [1.82, 2.24) is 9.97 Å². The Bertz CT molecular complexity index is 2830. The quantitative estimate of drug-likeness (QED) is 0.189. The molecule has 0 unspecified atom stereocenters. The summed E-state index contributed by atoms with van der Waals surface area (Å²) >= 11 is 0. The molecular formula is C49H34N2. The van der Waals surface area contributed by atoms with E-state index >= 15 is 0 Å². The first-order chi connectivity index (χ1) is 25.0. The molecule has 10 rings (SSSR count). The molecule has 2 nitrogen and oxygen atoms in total. The Kier molecular flexibility index (Phi) is 6.56. The SMILES string of the molecule is CC1(C)c2cc(-c3ccc(-c4nc(-c5ccccc5)cc(-c5ccc6ccccc6c5)n4)c4ccccc34)ccc2-c2cc3ccccc3cc21. The van der Waals surface area contributed by atoms with Gasteiger partial charge in [-0.3, -0.25) is 0 Å². The van der Waals surface area contributed by atoms with Crippen molar-refractivity contribution in [3.05, 3.63) is 181 Å². The fourth-order valence-corrected chi connectivity index (χ4v) is 8.16. The van der Waals surface area contributed by atoms with E-state index in [2.05, 4.69) is 178 Å². The van der Waals surface area contributed by atoms with Gasteiger partial charge in [0.2, 0.25) is 0 Å². The highest BCUT2D eigenvalue weighted by molar-refractivity contribution is 6.05. The number of hydrogen-bond acceptors (Lipinski definition) is 2. The van der Waals surface area contributed by atoms with Gasteiger partial charge < -0.3 is 0 Å². The zero-order valence-corrected chi connectivity index (χ0v) is 28.6. The van der Waals surface area contributed by atoms with Crippen molar-refractivity contribution in [3.8, 4) is 56.2 Å². The van der Waals surface area contributed by atoms with Crippen LogP contribution >= 0.6 is 0 Å². The van der Waals surface area contributed by atoms with Gasteiger partial charge in [0.25, 0.3) is 0 Å². The second-order valence-corrected chi connectivity index (χ2v) is 14.2. The second kappa shape index (κ2) is 11.3. The molecule has 0 N–H and O–H groups in total. The largest absolute Gasteiger partial charge is 0.228 e. The Morgan fingerprint density at radius 3 is 1.67 bits per heavy atom. The van der Waals surface area contributed by atoms with Gasteiger partial charge in [-0.25, -0.2) is 9.97 Å². The van der Waals surface area contributed by atoms with Crippen molar-refractivity contribution in [3.63, 3.8) is 0 Å². The lowest BCUT2D eigenvalue weighted by Gasteiger charge is -2.22. The van der Waals surface area contributed by atoms with Gasteiger partial charge >= 0.3 is 0 Å². The van der Waals surface area contributed by atoms with Gasteiger partial charge in [-0.1, -0.05) is 147 Å². The van der Waals surface area contributed by atoms with Crippen LogP contribution < -0.4 is 0 Å². The molecule has 0 atom stereocenters. The number of benzene rings is 8. The van der Waals surface area contributed by atoms with Crippen molar-refractivity contribution in [1.29, 1.82) is 0 Å². The van der Waals surface area contributed by atoms with Crippen LogP contribution in [0.4, 0.5) is 0 Å². The number of aromatic nitrogens is 2. The Labute approximate surface area is 297 Å². The molecule has 2 heteroatoms. The summed E-state index contributed by atoms with van der Waals surface area (Å²) in [4.78, 5) is 10.5. The topological polar surface area (TPSA) is 25.8 Å². The summed E-state index contributed by atoms with van der Waals surface area (Å²) in [6.07, 6.45) is 0. The number of rotatable bonds is 4. The molecule has 51 heavy (non-hydrogen) atoms. The average Bonchev–Trinajstić information content (AvgIpc) is 3.41. The first-order valence-electron chi connectivity index (χ1n) is 17.7. The molecule has 1 aromatic heterocycles. The molecule has 0 radical (unpaired) electrons. The predicted octanol–water partition coefficient (Wildman–Crippen LogP) is 12.9. The first-order valence-corrected chi connectivity index (χ1v) is 17.7. The van der Waals surface area contributed by atoms with Crippen LogP contribution in [-0.2, 0) is 5.41 Å². The molecule has 1 heterocycles. The van der Waals surface area contributed by atoms with E-state index in [-0.39, 0.29) is 5.41 Å². The molecule has 0 aliphatic heterocycles. The molecule has 8 aromatic carbocycles. The zero-order valence-electron chi connectivity index (χ0n) is 28.6. The van der Waals surface area contributed by atoms with Crippen LogP contribution in [0, 0.1) is 0 Å². The van der Waals surface area contributed by atoms with Crippen LogP contribution in [0.3, 0.4) is 0 Å². The van der Waals surface area contributed by atoms with Crippen LogP contribution in [0.5, 0.6) is 0 Å². The Morgan fingerprint density at radius 2 is 0.902 bits per heavy atom. The molecule has 9 aromatic rings. The van der Waals surface area contributed by atoms with E-state index in [4.69, 9.17) is 9.97 Å². The van der Waals surface area contributed by atoms with Crippen molar-refractivity contribution in [2.75, 3.05) is 0 Å². The number of fused-ring (bicyclic) bond motifs is 6. The van der Waals surface area contributed by atoms with Crippen LogP contribution in [0.15, 0.2) is 170 Å². The molecule has 1 aliphatic carbocycles. The average molecular weight is 651 g/mol. The van der Waals surface area contributed by atoms with E-state index in [0.29, 0.717) is 0 Å². The van der Waals surface area contributed by atoms with Gasteiger partial charge in [-0.15, -0.1) is 0 Å². The monoisotopic (exact) mass is 650 g/mol. The maximum Gasteiger partial charge on any atom is 0.161 e. The first kappa shape index (κ1) is 29.5. The summed E-state index contributed by atoms with van der Waals surface area (Å²) in [5.74, 6) is 0.722. The molecule has 0 amide bonds. The lowest BCUT2D eigenvalue weighted by molar-refractivity contribution is 0.661. The van der Waals surface area contributed by atoms with Crippen LogP contribution in [-0.4, -0.2) is 9.97 Å². The summed E-state index contributed by atoms with van der Waals surface area (Å²) in [6, 6.07) is 61.3. The third-order valence-electron chi connectivity index (χ3n) is 10.9. The second-order valence-electron chi connectivity index (χ2n) is 14.2. The zero-order chi connectivity index (χ0) is 34.1. The smallest absolute Gasteiger partial charge is 0.161 e. The van der Waals surface area contributed by atoms with Crippen molar-refractivity contribution in [2.24, 2.45) is 0 Å². The van der Waals surface area contributed by atoms with Crippen LogP contribution in [0.1, 0.15) is 25.0 Å². The minimum Gasteiger partial charge on any atom is -0.228 e. The molecule has 0 saturated carbocycles. The third kappa shape index (κ3) is 4.79. The number of hydrogen-bond donors (Lipinski definition) is 0. The third-order valence-corrected chi connectivity index (χ3v) is 10.9. The summed E-state index contributed by atoms with van der Waals surface area (Å²) in [5, 5.41) is 7.32. The maximum absolute atomic E-state index is 5.26. The molecule has 0 saturated heterocycles. The van der Waals surface area contributed by atoms with E-state index in [9.17, 15) is 0 Å². The predicted molar refractivity (Wildman–Crippen MR) is 214 cm³/mol. The van der Waals surface area contributed by atoms with E-state index in [1.54, 1.807) is 0 Å². The highest BCUT2D eigenvalue weighted by Gasteiger charge is 2.36. The summed E-state index contributed by atoms with van der Waals surface area (Å²) < 4.78 is 0. The summed E-state index contributed by atoms with van der Waals surface area (Å²) in [5.41, 5.74) is 12.8. The highest BCUT2D eigenvalue weighted by atomic mass is 14.9. The fraction of sp³-hybridized carbons (Fsp3) is 0.0612. The van der Waals surface area contributed by atoms with E-state index < -0.39 is 0 Å². The molecule has 0 bridgehead atoms. The minimum absolute atomic E-state index is 0.106. The fourth-order valence-electron chi connectivity index (χ4n) is 8.16. The number of nitrogens with zero attached hydrogens (tertiary/aromatic N) is 2. The lowest BCUT2D eigenvalue weighted by atomic mass is 9.81. The van der Waals surface area contributed by atoms with Gasteiger partial charge in [-0.05, 0) is 102 Å². The van der Waals surface area contributed by atoms with Crippen LogP contribution in [0.2, 0.25) is 0 Å². The van der Waals surface area contributed by atoms with Gasteiger partial charge in [0.1, 0.15) is 0 Å². The summed E-state index contributed by atoms with van der Waals surface area (Å²) in [7, 11) is 0.